The van der Waals surface area contributed by atoms with Gasteiger partial charge in [-0.3, -0.25) is 0 Å². The summed E-state index contributed by atoms with van der Waals surface area (Å²) in [5.41, 5.74) is 12.6. The molecule has 3 nitrogen and oxygen atoms in total. The molecule has 102 valence electrons. The molecule has 0 radical (unpaired) electrons. The van der Waals surface area contributed by atoms with Crippen LogP contribution >= 0.6 is 11.6 Å². The van der Waals surface area contributed by atoms with E-state index in [0.29, 0.717) is 16.6 Å². The van der Waals surface area contributed by atoms with Crippen LogP contribution in [0.4, 0.5) is 5.69 Å². The van der Waals surface area contributed by atoms with Crippen molar-refractivity contribution in [3.05, 3.63) is 63.5 Å². The van der Waals surface area contributed by atoms with E-state index in [0.717, 1.165) is 23.1 Å². The number of nitrogens with zero attached hydrogens (tertiary/aromatic N) is 3. The summed E-state index contributed by atoms with van der Waals surface area (Å²) in [4.78, 5) is 2.94. The summed E-state index contributed by atoms with van der Waals surface area (Å²) in [6.07, 6.45) is 1.01. The number of benzene rings is 2. The zero-order chi connectivity index (χ0) is 14.5. The van der Waals surface area contributed by atoms with Crippen LogP contribution in [-0.4, -0.2) is 0 Å². The fraction of sp³-hybridized carbons (Fsp3) is 0.250. The number of halogens is 1. The van der Waals surface area contributed by atoms with Crippen LogP contribution in [0.2, 0.25) is 5.02 Å². The molecule has 0 aliphatic carbocycles. The van der Waals surface area contributed by atoms with Crippen LogP contribution in [0, 0.1) is 0 Å². The lowest BCUT2D eigenvalue weighted by Gasteiger charge is -2.13. The SMILES string of the molecule is CCC(C)c1ccc(-c2ccc(Cl)cc2)cc1N=[N+]=[N-]. The van der Waals surface area contributed by atoms with Gasteiger partial charge in [-0.15, -0.1) is 0 Å². The summed E-state index contributed by atoms with van der Waals surface area (Å²) in [5, 5.41) is 4.54. The van der Waals surface area contributed by atoms with E-state index in [1.807, 2.05) is 36.4 Å². The molecule has 0 N–H and O–H groups in total. The van der Waals surface area contributed by atoms with Crippen LogP contribution in [-0.2, 0) is 0 Å². The Bertz CT molecular complexity index is 643. The molecule has 0 aliphatic rings. The quantitative estimate of drug-likeness (QED) is 0.351. The molecule has 2 rings (SSSR count). The minimum Gasteiger partial charge on any atom is -0.0843 e. The Hall–Kier alpha value is -1.96. The minimum absolute atomic E-state index is 0.370. The molecular formula is C16H16ClN3. The fourth-order valence-electron chi connectivity index (χ4n) is 2.14. The summed E-state index contributed by atoms with van der Waals surface area (Å²) >= 11 is 5.90. The molecule has 0 amide bonds. The van der Waals surface area contributed by atoms with Gasteiger partial charge in [0.1, 0.15) is 0 Å². The Labute approximate surface area is 123 Å². The third-order valence-corrected chi connectivity index (χ3v) is 3.76. The number of rotatable bonds is 4. The molecule has 0 saturated heterocycles. The highest BCUT2D eigenvalue weighted by molar-refractivity contribution is 6.30. The van der Waals surface area contributed by atoms with Gasteiger partial charge in [-0.25, -0.2) is 0 Å². The van der Waals surface area contributed by atoms with Crippen molar-refractivity contribution in [2.45, 2.75) is 26.2 Å². The van der Waals surface area contributed by atoms with Gasteiger partial charge in [-0.2, -0.15) is 0 Å². The van der Waals surface area contributed by atoms with Crippen LogP contribution in [0.3, 0.4) is 0 Å². The van der Waals surface area contributed by atoms with E-state index in [9.17, 15) is 0 Å². The van der Waals surface area contributed by atoms with E-state index < -0.39 is 0 Å². The van der Waals surface area contributed by atoms with Crippen molar-refractivity contribution in [2.75, 3.05) is 0 Å². The van der Waals surface area contributed by atoms with Crippen molar-refractivity contribution in [2.24, 2.45) is 5.11 Å². The van der Waals surface area contributed by atoms with Crippen molar-refractivity contribution in [1.29, 1.82) is 0 Å². The highest BCUT2D eigenvalue weighted by Gasteiger charge is 2.09. The number of azide groups is 1. The Kier molecular flexibility index (Phi) is 4.67. The summed E-state index contributed by atoms with van der Waals surface area (Å²) < 4.78 is 0. The lowest BCUT2D eigenvalue weighted by atomic mass is 9.94. The second-order valence-corrected chi connectivity index (χ2v) is 5.22. The van der Waals surface area contributed by atoms with Gasteiger partial charge in [0.05, 0.1) is 0 Å². The molecule has 0 aromatic heterocycles. The van der Waals surface area contributed by atoms with E-state index in [1.165, 1.54) is 0 Å². The van der Waals surface area contributed by atoms with E-state index >= 15 is 0 Å². The molecule has 1 atom stereocenters. The molecule has 0 spiro atoms. The number of hydrogen-bond acceptors (Lipinski definition) is 1. The van der Waals surface area contributed by atoms with E-state index in [2.05, 4.69) is 29.9 Å². The first-order valence-corrected chi connectivity index (χ1v) is 6.98. The zero-order valence-corrected chi connectivity index (χ0v) is 12.3. The smallest absolute Gasteiger partial charge is 0.0416 e. The molecule has 0 aliphatic heterocycles. The van der Waals surface area contributed by atoms with Crippen molar-refractivity contribution in [3.63, 3.8) is 0 Å². The highest BCUT2D eigenvalue weighted by Crippen LogP contribution is 2.33. The van der Waals surface area contributed by atoms with Crippen LogP contribution in [0.25, 0.3) is 21.6 Å². The molecule has 0 fully saturated rings. The van der Waals surface area contributed by atoms with Crippen LogP contribution in [0.15, 0.2) is 47.6 Å². The Morgan fingerprint density at radius 1 is 1.15 bits per heavy atom. The predicted octanol–water partition coefficient (Wildman–Crippen LogP) is 6.46. The third-order valence-electron chi connectivity index (χ3n) is 3.50. The molecule has 0 heterocycles. The first kappa shape index (κ1) is 14.4. The van der Waals surface area contributed by atoms with Crippen molar-refractivity contribution in [3.8, 4) is 11.1 Å². The van der Waals surface area contributed by atoms with Gasteiger partial charge < -0.3 is 0 Å². The van der Waals surface area contributed by atoms with Gasteiger partial charge >= 0.3 is 0 Å². The molecular weight excluding hydrogens is 270 g/mol. The minimum atomic E-state index is 0.370. The van der Waals surface area contributed by atoms with Crippen LogP contribution < -0.4 is 0 Å². The molecule has 0 bridgehead atoms. The first-order valence-electron chi connectivity index (χ1n) is 6.60. The highest BCUT2D eigenvalue weighted by atomic mass is 35.5. The normalized spacial score (nSPS) is 11.8. The van der Waals surface area contributed by atoms with Crippen molar-refractivity contribution < 1.29 is 0 Å². The Balaban J connectivity index is 2.49. The summed E-state index contributed by atoms with van der Waals surface area (Å²) in [7, 11) is 0. The Morgan fingerprint density at radius 3 is 2.40 bits per heavy atom. The number of hydrogen-bond donors (Lipinski definition) is 0. The second-order valence-electron chi connectivity index (χ2n) is 4.78. The van der Waals surface area contributed by atoms with Gasteiger partial charge in [0, 0.05) is 15.6 Å². The molecule has 20 heavy (non-hydrogen) atoms. The molecule has 1 unspecified atom stereocenters. The van der Waals surface area contributed by atoms with Gasteiger partial charge in [-0.05, 0) is 52.8 Å². The maximum atomic E-state index is 8.74. The van der Waals surface area contributed by atoms with Gasteiger partial charge in [0.25, 0.3) is 0 Å². The monoisotopic (exact) mass is 285 g/mol. The standard InChI is InChI=1S/C16H16ClN3/c1-3-11(2)15-9-6-13(10-16(15)19-20-18)12-4-7-14(17)8-5-12/h4-11H,3H2,1-2H3. The summed E-state index contributed by atoms with van der Waals surface area (Å²) in [6, 6.07) is 13.7. The molecule has 2 aromatic rings. The van der Waals surface area contributed by atoms with E-state index in [-0.39, 0.29) is 0 Å². The summed E-state index contributed by atoms with van der Waals surface area (Å²) in [6.45, 7) is 4.26. The Morgan fingerprint density at radius 2 is 1.80 bits per heavy atom. The predicted molar refractivity (Wildman–Crippen MR) is 84.4 cm³/mol. The van der Waals surface area contributed by atoms with Gasteiger partial charge in [0.2, 0.25) is 0 Å². The topological polar surface area (TPSA) is 48.8 Å². The van der Waals surface area contributed by atoms with Gasteiger partial charge in [-0.1, -0.05) is 54.8 Å². The van der Waals surface area contributed by atoms with Crippen LogP contribution in [0.1, 0.15) is 31.7 Å². The van der Waals surface area contributed by atoms with E-state index in [4.69, 9.17) is 17.1 Å². The average Bonchev–Trinajstić information content (AvgIpc) is 2.47. The maximum Gasteiger partial charge on any atom is 0.0416 e. The molecule has 2 aromatic carbocycles. The second kappa shape index (κ2) is 6.47. The lowest BCUT2D eigenvalue weighted by Crippen LogP contribution is -1.92. The van der Waals surface area contributed by atoms with Crippen molar-refractivity contribution in [1.82, 2.24) is 0 Å². The molecule has 0 saturated carbocycles. The van der Waals surface area contributed by atoms with E-state index in [1.54, 1.807) is 0 Å². The zero-order valence-electron chi connectivity index (χ0n) is 11.5. The largest absolute Gasteiger partial charge is 0.0843 e. The van der Waals surface area contributed by atoms with Crippen LogP contribution in [0.5, 0.6) is 0 Å². The maximum absolute atomic E-state index is 8.74. The van der Waals surface area contributed by atoms with Crippen molar-refractivity contribution >= 4 is 17.3 Å². The third kappa shape index (κ3) is 3.13. The summed E-state index contributed by atoms with van der Waals surface area (Å²) in [5.74, 6) is 0.370. The van der Waals surface area contributed by atoms with Gasteiger partial charge in [0.15, 0.2) is 0 Å². The lowest BCUT2D eigenvalue weighted by molar-refractivity contribution is 0.734. The molecule has 4 heteroatoms. The average molecular weight is 286 g/mol. The first-order chi connectivity index (χ1) is 9.65. The fourth-order valence-corrected chi connectivity index (χ4v) is 2.26.